The summed E-state index contributed by atoms with van der Waals surface area (Å²) in [5.41, 5.74) is 0.952. The van der Waals surface area contributed by atoms with E-state index in [1.807, 2.05) is 19.1 Å². The number of aromatic amines is 1. The van der Waals surface area contributed by atoms with Crippen LogP contribution < -0.4 is 10.3 Å². The molecule has 0 radical (unpaired) electrons. The number of hydrogen-bond acceptors (Lipinski definition) is 6. The number of nitrogens with zero attached hydrogens (tertiary/aromatic N) is 3. The van der Waals surface area contributed by atoms with Crippen LogP contribution in [0.1, 0.15) is 29.5 Å². The van der Waals surface area contributed by atoms with Crippen molar-refractivity contribution in [1.29, 1.82) is 0 Å². The molecular weight excluding hydrogens is 431 g/mol. The summed E-state index contributed by atoms with van der Waals surface area (Å²) in [5.74, 6) is 0.163. The topological polar surface area (TPSA) is 88.2 Å². The predicted molar refractivity (Wildman–Crippen MR) is 119 cm³/mol. The number of rotatable bonds is 3. The molecular formula is C23H19FN4O3S. The van der Waals surface area contributed by atoms with E-state index in [0.717, 1.165) is 12.0 Å². The van der Waals surface area contributed by atoms with E-state index in [1.54, 1.807) is 35.2 Å². The first-order valence-corrected chi connectivity index (χ1v) is 11.0. The molecule has 9 heteroatoms. The second-order valence-corrected chi connectivity index (χ2v) is 8.65. The molecule has 2 aromatic heterocycles. The smallest absolute Gasteiger partial charge is 0.410 e. The molecule has 0 aliphatic carbocycles. The van der Waals surface area contributed by atoms with E-state index in [2.05, 4.69) is 15.0 Å². The minimum Gasteiger partial charge on any atom is -0.410 e. The van der Waals surface area contributed by atoms with Gasteiger partial charge in [0.15, 0.2) is 10.3 Å². The Balaban J connectivity index is 1.46. The van der Waals surface area contributed by atoms with E-state index >= 15 is 0 Å². The number of aryl methyl sites for hydroxylation is 1. The number of fused-ring (bicyclic) bond motifs is 1. The molecule has 2 aromatic carbocycles. The van der Waals surface area contributed by atoms with Crippen LogP contribution in [0, 0.1) is 12.7 Å². The van der Waals surface area contributed by atoms with Crippen molar-refractivity contribution in [2.45, 2.75) is 25.8 Å². The molecule has 4 aromatic rings. The van der Waals surface area contributed by atoms with E-state index < -0.39 is 17.5 Å². The first-order chi connectivity index (χ1) is 15.5. The molecule has 1 aliphatic heterocycles. The number of thiazole rings is 1. The largest absolute Gasteiger partial charge is 0.415 e. The highest BCUT2D eigenvalue weighted by Crippen LogP contribution is 2.36. The number of carbonyl (C=O) groups excluding carboxylic acids is 1. The average molecular weight is 450 g/mol. The fourth-order valence-electron chi connectivity index (χ4n) is 3.85. The van der Waals surface area contributed by atoms with Crippen LogP contribution in [0.25, 0.3) is 21.7 Å². The third-order valence-electron chi connectivity index (χ3n) is 5.38. The lowest BCUT2D eigenvalue weighted by atomic mass is 10.2. The first-order valence-electron chi connectivity index (χ1n) is 10.2. The Bertz CT molecular complexity index is 1380. The summed E-state index contributed by atoms with van der Waals surface area (Å²) in [6, 6.07) is 13.1. The number of ether oxygens (including phenoxy) is 1. The first kappa shape index (κ1) is 20.3. The second kappa shape index (κ2) is 8.16. The Labute approximate surface area is 186 Å². The number of carbonyl (C=O) groups is 1. The highest BCUT2D eigenvalue weighted by Gasteiger charge is 2.34. The molecule has 1 N–H and O–H groups in total. The van der Waals surface area contributed by atoms with Gasteiger partial charge in [0.2, 0.25) is 0 Å². The average Bonchev–Trinajstić information content (AvgIpc) is 3.41. The van der Waals surface area contributed by atoms with Gasteiger partial charge in [-0.05, 0) is 49.6 Å². The monoisotopic (exact) mass is 450 g/mol. The van der Waals surface area contributed by atoms with Crippen LogP contribution in [0.3, 0.4) is 0 Å². The van der Waals surface area contributed by atoms with Gasteiger partial charge < -0.3 is 9.72 Å². The Hall–Kier alpha value is -3.59. The number of benzene rings is 2. The number of hydrogen-bond donors (Lipinski definition) is 1. The normalized spacial score (nSPS) is 15.9. The quantitative estimate of drug-likeness (QED) is 0.483. The third kappa shape index (κ3) is 3.75. The minimum atomic E-state index is -0.472. The zero-order chi connectivity index (χ0) is 22.2. The van der Waals surface area contributed by atoms with E-state index in [-0.39, 0.29) is 22.9 Å². The summed E-state index contributed by atoms with van der Waals surface area (Å²) in [4.78, 5) is 39.0. The second-order valence-electron chi connectivity index (χ2n) is 7.64. The molecule has 1 fully saturated rings. The van der Waals surface area contributed by atoms with Crippen LogP contribution in [0.5, 0.6) is 5.75 Å². The van der Waals surface area contributed by atoms with Gasteiger partial charge >= 0.3 is 6.09 Å². The zero-order valence-electron chi connectivity index (χ0n) is 17.2. The Morgan fingerprint density at radius 3 is 2.88 bits per heavy atom. The molecule has 0 spiro atoms. The van der Waals surface area contributed by atoms with Crippen molar-refractivity contribution >= 4 is 27.8 Å². The standard InChI is InChI=1S/C23H19FN4O3S/c1-13-6-4-7-14(12-13)31-23(30)28-11-5-10-17(28)21-25-18-20(29)26-19(27-22(18)32-21)15-8-2-3-9-16(15)24/h2-4,6-9,12,17H,5,10-11H2,1H3,(H,26,27,29). The van der Waals surface area contributed by atoms with Gasteiger partial charge in [0.25, 0.3) is 5.56 Å². The summed E-state index contributed by atoms with van der Waals surface area (Å²) < 4.78 is 19.7. The SMILES string of the molecule is Cc1cccc(OC(=O)N2CCCC2c2nc3c(=O)[nH]c(-c4ccccc4F)nc3s2)c1. The summed E-state index contributed by atoms with van der Waals surface area (Å²) in [6.45, 7) is 2.47. The fraction of sp³-hybridized carbons (Fsp3) is 0.217. The summed E-state index contributed by atoms with van der Waals surface area (Å²) in [5, 5.41) is 0.613. The lowest BCUT2D eigenvalue weighted by Crippen LogP contribution is -2.33. The van der Waals surface area contributed by atoms with Crippen LogP contribution in [0.15, 0.2) is 53.3 Å². The molecule has 1 atom stereocenters. The molecule has 7 nitrogen and oxygen atoms in total. The molecule has 1 saturated heterocycles. The van der Waals surface area contributed by atoms with Crippen LogP contribution in [-0.4, -0.2) is 32.5 Å². The summed E-state index contributed by atoms with van der Waals surface area (Å²) in [7, 11) is 0. The van der Waals surface area contributed by atoms with Gasteiger partial charge in [-0.25, -0.2) is 19.2 Å². The lowest BCUT2D eigenvalue weighted by molar-refractivity contribution is 0.147. The number of likely N-dealkylation sites (tertiary alicyclic amines) is 1. The van der Waals surface area contributed by atoms with Gasteiger partial charge in [0, 0.05) is 6.54 Å². The van der Waals surface area contributed by atoms with Crippen molar-refractivity contribution in [3.63, 3.8) is 0 Å². The highest BCUT2D eigenvalue weighted by atomic mass is 32.1. The summed E-state index contributed by atoms with van der Waals surface area (Å²) in [6.07, 6.45) is 1.06. The lowest BCUT2D eigenvalue weighted by Gasteiger charge is -2.22. The Kier molecular flexibility index (Phi) is 5.18. The molecule has 5 rings (SSSR count). The van der Waals surface area contributed by atoms with E-state index in [1.165, 1.54) is 17.4 Å². The van der Waals surface area contributed by atoms with Crippen LogP contribution in [0.4, 0.5) is 9.18 Å². The van der Waals surface area contributed by atoms with E-state index in [9.17, 15) is 14.0 Å². The molecule has 1 amide bonds. The fourth-order valence-corrected chi connectivity index (χ4v) is 4.94. The molecule has 3 heterocycles. The molecule has 1 aliphatic rings. The maximum Gasteiger partial charge on any atom is 0.415 e. The van der Waals surface area contributed by atoms with Gasteiger partial charge in [0.1, 0.15) is 22.4 Å². The van der Waals surface area contributed by atoms with Crippen molar-refractivity contribution in [3.8, 4) is 17.1 Å². The number of halogens is 1. The predicted octanol–water partition coefficient (Wildman–Crippen LogP) is 4.83. The molecule has 0 saturated carbocycles. The highest BCUT2D eigenvalue weighted by molar-refractivity contribution is 7.18. The number of H-pyrrole nitrogens is 1. The summed E-state index contributed by atoms with van der Waals surface area (Å²) >= 11 is 1.24. The molecule has 162 valence electrons. The van der Waals surface area contributed by atoms with Crippen molar-refractivity contribution in [2.75, 3.05) is 6.54 Å². The zero-order valence-corrected chi connectivity index (χ0v) is 18.0. The molecule has 32 heavy (non-hydrogen) atoms. The van der Waals surface area contributed by atoms with Gasteiger partial charge in [-0.3, -0.25) is 9.69 Å². The molecule has 0 bridgehead atoms. The number of aromatic nitrogens is 3. The van der Waals surface area contributed by atoms with Crippen molar-refractivity contribution in [3.05, 3.63) is 75.3 Å². The van der Waals surface area contributed by atoms with Crippen molar-refractivity contribution in [2.24, 2.45) is 0 Å². The van der Waals surface area contributed by atoms with Crippen molar-refractivity contribution in [1.82, 2.24) is 19.9 Å². The van der Waals surface area contributed by atoms with Gasteiger partial charge in [-0.1, -0.05) is 35.6 Å². The maximum atomic E-state index is 14.2. The third-order valence-corrected chi connectivity index (χ3v) is 6.43. The van der Waals surface area contributed by atoms with E-state index in [4.69, 9.17) is 4.74 Å². The maximum absolute atomic E-state index is 14.2. The van der Waals surface area contributed by atoms with Crippen LogP contribution in [0.2, 0.25) is 0 Å². The Morgan fingerprint density at radius 1 is 1.22 bits per heavy atom. The van der Waals surface area contributed by atoms with Gasteiger partial charge in [-0.2, -0.15) is 0 Å². The number of amides is 1. The van der Waals surface area contributed by atoms with Gasteiger partial charge in [-0.15, -0.1) is 0 Å². The Morgan fingerprint density at radius 2 is 2.06 bits per heavy atom. The molecule has 1 unspecified atom stereocenters. The number of nitrogens with one attached hydrogen (secondary N) is 1. The van der Waals surface area contributed by atoms with Crippen LogP contribution >= 0.6 is 11.3 Å². The van der Waals surface area contributed by atoms with Gasteiger partial charge in [0.05, 0.1) is 11.6 Å². The van der Waals surface area contributed by atoms with Crippen molar-refractivity contribution < 1.29 is 13.9 Å². The van der Waals surface area contributed by atoms with Crippen LogP contribution in [-0.2, 0) is 0 Å². The van der Waals surface area contributed by atoms with E-state index in [0.29, 0.717) is 28.6 Å². The minimum absolute atomic E-state index is 0.151.